The highest BCUT2D eigenvalue weighted by atomic mass is 79.9. The molecule has 3 aromatic rings. The van der Waals surface area contributed by atoms with E-state index in [2.05, 4.69) is 34.2 Å². The molecule has 7 nitrogen and oxygen atoms in total. The molecular formula is C29H36BrN3O4S. The third kappa shape index (κ3) is 8.49. The fourth-order valence-corrected chi connectivity index (χ4v) is 5.34. The molecule has 0 bridgehead atoms. The fraction of sp³-hybridized carbons (Fsp3) is 0.379. The molecular weight excluding hydrogens is 566 g/mol. The van der Waals surface area contributed by atoms with Gasteiger partial charge in [-0.3, -0.25) is 4.79 Å². The first-order chi connectivity index (χ1) is 18.2. The number of nitrogens with one attached hydrogen (secondary N) is 1. The summed E-state index contributed by atoms with van der Waals surface area (Å²) in [6, 6.07) is 15.0. The van der Waals surface area contributed by atoms with Crippen LogP contribution in [0.15, 0.2) is 58.4 Å². The predicted octanol–water partition coefficient (Wildman–Crippen LogP) is 6.60. The van der Waals surface area contributed by atoms with Crippen LogP contribution in [0, 0.1) is 12.8 Å². The molecule has 0 aliphatic heterocycles. The van der Waals surface area contributed by atoms with Crippen molar-refractivity contribution in [3.8, 4) is 11.5 Å². The van der Waals surface area contributed by atoms with Crippen LogP contribution < -0.4 is 14.8 Å². The van der Waals surface area contributed by atoms with Gasteiger partial charge in [0.25, 0.3) is 0 Å². The monoisotopic (exact) mass is 601 g/mol. The summed E-state index contributed by atoms with van der Waals surface area (Å²) in [7, 11) is 3.22. The number of aryl methyl sites for hydroxylation is 1. The van der Waals surface area contributed by atoms with Gasteiger partial charge < -0.3 is 24.6 Å². The lowest BCUT2D eigenvalue weighted by atomic mass is 10.1. The van der Waals surface area contributed by atoms with Crippen molar-refractivity contribution in [1.29, 1.82) is 0 Å². The Morgan fingerprint density at radius 2 is 1.79 bits per heavy atom. The maximum atomic E-state index is 13.7. The number of nitrogens with zero attached hydrogens (tertiary/aromatic N) is 2. The Balaban J connectivity index is 1.77. The van der Waals surface area contributed by atoms with E-state index in [1.165, 1.54) is 0 Å². The average molecular weight is 603 g/mol. The summed E-state index contributed by atoms with van der Waals surface area (Å²) in [5.41, 5.74) is 2.87. The molecule has 204 valence electrons. The van der Waals surface area contributed by atoms with Crippen molar-refractivity contribution in [2.24, 2.45) is 5.92 Å². The van der Waals surface area contributed by atoms with Gasteiger partial charge in [-0.05, 0) is 72.2 Å². The zero-order valence-electron chi connectivity index (χ0n) is 22.6. The molecule has 0 atom stereocenters. The smallest absolute Gasteiger partial charge is 0.322 e. The Morgan fingerprint density at radius 3 is 2.42 bits per heavy atom. The van der Waals surface area contributed by atoms with Crippen LogP contribution in [0.5, 0.6) is 11.5 Å². The molecule has 0 saturated carbocycles. The Labute approximate surface area is 237 Å². The van der Waals surface area contributed by atoms with E-state index < -0.39 is 0 Å². The summed E-state index contributed by atoms with van der Waals surface area (Å²) in [5, 5.41) is 4.97. The first kappa shape index (κ1) is 29.5. The molecule has 9 heteroatoms. The number of hydrogen-bond acceptors (Lipinski definition) is 5. The van der Waals surface area contributed by atoms with Crippen molar-refractivity contribution in [2.75, 3.05) is 39.2 Å². The average Bonchev–Trinajstić information content (AvgIpc) is 3.29. The molecule has 38 heavy (non-hydrogen) atoms. The number of thiophene rings is 1. The molecule has 1 N–H and O–H groups in total. The number of urea groups is 1. The summed E-state index contributed by atoms with van der Waals surface area (Å²) in [6.45, 7) is 7.59. The fourth-order valence-electron chi connectivity index (χ4n) is 4.02. The van der Waals surface area contributed by atoms with Gasteiger partial charge in [-0.25, -0.2) is 4.79 Å². The number of benzene rings is 2. The minimum absolute atomic E-state index is 0.00558. The first-order valence-electron chi connectivity index (χ1n) is 12.5. The normalized spacial score (nSPS) is 10.8. The van der Waals surface area contributed by atoms with Crippen LogP contribution in [0.25, 0.3) is 0 Å². The number of ether oxygens (including phenoxy) is 2. The lowest BCUT2D eigenvalue weighted by molar-refractivity contribution is -0.132. The van der Waals surface area contributed by atoms with E-state index in [-0.39, 0.29) is 24.4 Å². The van der Waals surface area contributed by atoms with Crippen LogP contribution >= 0.6 is 27.3 Å². The minimum atomic E-state index is -0.294. The van der Waals surface area contributed by atoms with Gasteiger partial charge in [0, 0.05) is 28.1 Å². The molecule has 0 spiro atoms. The van der Waals surface area contributed by atoms with Crippen LogP contribution in [0.3, 0.4) is 0 Å². The summed E-state index contributed by atoms with van der Waals surface area (Å²) >= 11 is 5.08. The topological polar surface area (TPSA) is 71.1 Å². The van der Waals surface area contributed by atoms with Gasteiger partial charge >= 0.3 is 6.03 Å². The molecule has 1 aromatic heterocycles. The van der Waals surface area contributed by atoms with Gasteiger partial charge in [-0.15, -0.1) is 11.3 Å². The highest BCUT2D eigenvalue weighted by Gasteiger charge is 2.23. The number of methoxy groups -OCH3 is 2. The molecule has 0 saturated heterocycles. The molecule has 0 fully saturated rings. The number of anilines is 1. The molecule has 0 unspecified atom stereocenters. The number of rotatable bonds is 12. The van der Waals surface area contributed by atoms with Crippen LogP contribution in [0.4, 0.5) is 10.5 Å². The number of carbonyl (C=O) groups excluding carboxylic acids is 2. The highest BCUT2D eigenvalue weighted by Crippen LogP contribution is 2.28. The van der Waals surface area contributed by atoms with Crippen molar-refractivity contribution in [3.05, 3.63) is 74.4 Å². The van der Waals surface area contributed by atoms with E-state index >= 15 is 0 Å². The van der Waals surface area contributed by atoms with Crippen LogP contribution in [-0.2, 0) is 17.8 Å². The van der Waals surface area contributed by atoms with E-state index in [0.717, 1.165) is 20.5 Å². The van der Waals surface area contributed by atoms with E-state index in [0.29, 0.717) is 43.2 Å². The Bertz CT molecular complexity index is 1230. The van der Waals surface area contributed by atoms with Crippen LogP contribution in [0.2, 0.25) is 0 Å². The Kier molecular flexibility index (Phi) is 11.0. The number of hydrogen-bond donors (Lipinski definition) is 1. The summed E-state index contributed by atoms with van der Waals surface area (Å²) in [5.74, 6) is 1.43. The van der Waals surface area contributed by atoms with Crippen molar-refractivity contribution < 1.29 is 19.1 Å². The molecule has 3 amide bonds. The lowest BCUT2D eigenvalue weighted by Crippen LogP contribution is -2.46. The van der Waals surface area contributed by atoms with E-state index in [1.807, 2.05) is 66.6 Å². The first-order valence-corrected chi connectivity index (χ1v) is 14.2. The summed E-state index contributed by atoms with van der Waals surface area (Å²) in [4.78, 5) is 31.5. The molecule has 3 rings (SSSR count). The Morgan fingerprint density at radius 1 is 1.03 bits per heavy atom. The zero-order valence-corrected chi connectivity index (χ0v) is 25.0. The number of carbonyl (C=O) groups is 2. The quantitative estimate of drug-likeness (QED) is 0.254. The second-order valence-electron chi connectivity index (χ2n) is 9.50. The second-order valence-corrected chi connectivity index (χ2v) is 11.4. The van der Waals surface area contributed by atoms with Gasteiger partial charge in [0.05, 0.1) is 20.8 Å². The molecule has 0 aliphatic carbocycles. The van der Waals surface area contributed by atoms with Gasteiger partial charge in [-0.1, -0.05) is 41.9 Å². The largest absolute Gasteiger partial charge is 0.493 e. The molecule has 0 aliphatic rings. The zero-order chi connectivity index (χ0) is 27.7. The third-order valence-electron chi connectivity index (χ3n) is 6.05. The van der Waals surface area contributed by atoms with Crippen molar-refractivity contribution in [2.45, 2.75) is 33.7 Å². The molecule has 2 aromatic carbocycles. The number of amides is 3. The van der Waals surface area contributed by atoms with Gasteiger partial charge in [0.2, 0.25) is 5.91 Å². The second kappa shape index (κ2) is 14.2. The Hall–Kier alpha value is -3.04. The maximum absolute atomic E-state index is 13.7. The van der Waals surface area contributed by atoms with Gasteiger partial charge in [0.1, 0.15) is 6.54 Å². The molecule has 0 radical (unpaired) electrons. The van der Waals surface area contributed by atoms with E-state index in [9.17, 15) is 9.59 Å². The van der Waals surface area contributed by atoms with Gasteiger partial charge in [-0.2, -0.15) is 0 Å². The summed E-state index contributed by atoms with van der Waals surface area (Å²) < 4.78 is 11.7. The SMILES string of the molecule is COc1ccc(CCN(Cc2sccc2C)C(=O)CN(CC(C)C)C(=O)Nc2cccc(Br)c2)cc1OC. The van der Waals surface area contributed by atoms with Crippen LogP contribution in [0.1, 0.15) is 29.9 Å². The molecule has 1 heterocycles. The van der Waals surface area contributed by atoms with Crippen molar-refractivity contribution in [3.63, 3.8) is 0 Å². The van der Waals surface area contributed by atoms with Crippen LogP contribution in [-0.4, -0.2) is 55.6 Å². The predicted molar refractivity (Wildman–Crippen MR) is 157 cm³/mol. The van der Waals surface area contributed by atoms with E-state index in [1.54, 1.807) is 30.5 Å². The standard InChI is InChI=1S/C29H36BrN3O4S/c1-20(2)17-33(29(35)31-24-8-6-7-23(30)16-24)19-28(34)32(18-27-21(3)12-14-38-27)13-11-22-9-10-25(36-4)26(15-22)37-5/h6-10,12,14-16,20H,11,13,17-19H2,1-5H3,(H,31,35). The lowest BCUT2D eigenvalue weighted by Gasteiger charge is -2.29. The van der Waals surface area contributed by atoms with Crippen molar-refractivity contribution in [1.82, 2.24) is 9.80 Å². The summed E-state index contributed by atoms with van der Waals surface area (Å²) in [6.07, 6.45) is 0.644. The minimum Gasteiger partial charge on any atom is -0.493 e. The number of halogens is 1. The van der Waals surface area contributed by atoms with Crippen molar-refractivity contribution >= 4 is 44.9 Å². The third-order valence-corrected chi connectivity index (χ3v) is 7.55. The maximum Gasteiger partial charge on any atom is 0.322 e. The van der Waals surface area contributed by atoms with Gasteiger partial charge in [0.15, 0.2) is 11.5 Å². The highest BCUT2D eigenvalue weighted by molar-refractivity contribution is 9.10. The van der Waals surface area contributed by atoms with E-state index in [4.69, 9.17) is 9.47 Å².